The summed E-state index contributed by atoms with van der Waals surface area (Å²) in [6, 6.07) is -1.04. The zero-order valence-electron chi connectivity index (χ0n) is 51.6. The number of hydrogen-bond donors (Lipinski definition) is 6. The highest BCUT2D eigenvalue weighted by molar-refractivity contribution is 5.80. The monoisotopic (exact) mass is 1140 g/mol. The van der Waals surface area contributed by atoms with E-state index in [9.17, 15) is 35.1 Å². The second-order valence-corrected chi connectivity index (χ2v) is 22.5. The van der Waals surface area contributed by atoms with E-state index in [2.05, 4.69) is 111 Å². The maximum absolute atomic E-state index is 13.5. The Balaban J connectivity index is 2.61. The minimum absolute atomic E-state index is 0.0936. The van der Waals surface area contributed by atoms with Crippen LogP contribution in [0.4, 0.5) is 0 Å². The Bertz CT molecular complexity index is 1690. The normalized spacial score (nSPS) is 19.3. The van der Waals surface area contributed by atoms with Crippen LogP contribution in [0.15, 0.2) is 97.2 Å². The van der Waals surface area contributed by atoms with Crippen LogP contribution in [0, 0.1) is 0 Å². The molecular formula is C70H121NO10. The summed E-state index contributed by atoms with van der Waals surface area (Å²) in [6.45, 7) is 5.63. The molecule has 1 aliphatic rings. The molecule has 0 bridgehead atoms. The van der Waals surface area contributed by atoms with Gasteiger partial charge in [-0.05, 0) is 103 Å². The second kappa shape index (κ2) is 57.0. The third kappa shape index (κ3) is 44.7. The highest BCUT2D eigenvalue weighted by Crippen LogP contribution is 2.26. The summed E-state index contributed by atoms with van der Waals surface area (Å²) in [5, 5.41) is 57.0. The number of unbranched alkanes of at least 4 members (excludes halogenated alkanes) is 27. The molecule has 0 aliphatic carbocycles. The lowest BCUT2D eigenvalue weighted by Crippen LogP contribution is -2.61. The number of esters is 1. The zero-order chi connectivity index (χ0) is 58.9. The average molecular weight is 1140 g/mol. The van der Waals surface area contributed by atoms with Crippen molar-refractivity contribution in [1.82, 2.24) is 5.32 Å². The number of carbonyl (C=O) groups excluding carboxylic acids is 2. The summed E-state index contributed by atoms with van der Waals surface area (Å²) >= 11 is 0. The maximum atomic E-state index is 13.5. The molecule has 0 aromatic carbocycles. The number of aliphatic hydroxyl groups is 5. The van der Waals surface area contributed by atoms with Crippen molar-refractivity contribution in [3.05, 3.63) is 97.2 Å². The minimum Gasteiger partial charge on any atom is -0.454 e. The van der Waals surface area contributed by atoms with Crippen LogP contribution in [0.25, 0.3) is 0 Å². The van der Waals surface area contributed by atoms with Crippen LogP contribution in [0.3, 0.4) is 0 Å². The van der Waals surface area contributed by atoms with E-state index >= 15 is 0 Å². The number of amides is 1. The van der Waals surface area contributed by atoms with Gasteiger partial charge in [0, 0.05) is 6.42 Å². The van der Waals surface area contributed by atoms with E-state index in [4.69, 9.17) is 14.2 Å². The largest absolute Gasteiger partial charge is 0.454 e. The Morgan fingerprint density at radius 1 is 0.494 bits per heavy atom. The first-order valence-corrected chi connectivity index (χ1v) is 33.0. The van der Waals surface area contributed by atoms with Crippen LogP contribution in [-0.4, -0.2) is 99.6 Å². The number of ether oxygens (including phenoxy) is 3. The summed E-state index contributed by atoms with van der Waals surface area (Å²) in [4.78, 5) is 26.6. The molecule has 1 rings (SSSR count). The third-order valence-electron chi connectivity index (χ3n) is 15.0. The topological polar surface area (TPSA) is 175 Å². The Labute approximate surface area is 495 Å². The van der Waals surface area contributed by atoms with Gasteiger partial charge in [-0.2, -0.15) is 0 Å². The molecular weight excluding hydrogens is 1010 g/mol. The Morgan fingerprint density at radius 2 is 0.889 bits per heavy atom. The highest BCUT2D eigenvalue weighted by atomic mass is 16.7. The van der Waals surface area contributed by atoms with Crippen molar-refractivity contribution >= 4 is 11.9 Å². The predicted molar refractivity (Wildman–Crippen MR) is 338 cm³/mol. The van der Waals surface area contributed by atoms with Crippen LogP contribution in [0.5, 0.6) is 0 Å². The second-order valence-electron chi connectivity index (χ2n) is 22.5. The molecule has 1 heterocycles. The van der Waals surface area contributed by atoms with Crippen molar-refractivity contribution in [1.29, 1.82) is 0 Å². The van der Waals surface area contributed by atoms with E-state index in [-0.39, 0.29) is 19.4 Å². The molecule has 0 saturated carbocycles. The number of hydrogen-bond acceptors (Lipinski definition) is 10. The van der Waals surface area contributed by atoms with Gasteiger partial charge in [0.05, 0.1) is 25.4 Å². The molecule has 11 heteroatoms. The lowest BCUT2D eigenvalue weighted by atomic mass is 9.99. The molecule has 11 nitrogen and oxygen atoms in total. The molecule has 6 N–H and O–H groups in total. The molecule has 466 valence electrons. The number of aliphatic hydroxyl groups excluding tert-OH is 5. The van der Waals surface area contributed by atoms with Crippen molar-refractivity contribution in [2.24, 2.45) is 0 Å². The van der Waals surface area contributed by atoms with Crippen molar-refractivity contribution in [2.75, 3.05) is 13.2 Å². The van der Waals surface area contributed by atoms with Gasteiger partial charge in [-0.25, -0.2) is 0 Å². The third-order valence-corrected chi connectivity index (χ3v) is 15.0. The van der Waals surface area contributed by atoms with Crippen molar-refractivity contribution in [3.8, 4) is 0 Å². The van der Waals surface area contributed by atoms with Crippen LogP contribution in [0.1, 0.15) is 271 Å². The zero-order valence-corrected chi connectivity index (χ0v) is 51.6. The van der Waals surface area contributed by atoms with E-state index in [1.807, 2.05) is 6.08 Å². The molecule has 1 fully saturated rings. The summed E-state index contributed by atoms with van der Waals surface area (Å²) < 4.78 is 17.6. The maximum Gasteiger partial charge on any atom is 0.306 e. The van der Waals surface area contributed by atoms with Crippen molar-refractivity contribution in [2.45, 2.75) is 320 Å². The Morgan fingerprint density at radius 3 is 1.36 bits per heavy atom. The van der Waals surface area contributed by atoms with Crippen LogP contribution in [-0.2, 0) is 23.8 Å². The summed E-state index contributed by atoms with van der Waals surface area (Å²) in [7, 11) is 0. The summed E-state index contributed by atoms with van der Waals surface area (Å²) in [6.07, 6.45) is 65.9. The van der Waals surface area contributed by atoms with Gasteiger partial charge >= 0.3 is 5.97 Å². The fourth-order valence-corrected chi connectivity index (χ4v) is 9.77. The first kappa shape index (κ1) is 75.6. The van der Waals surface area contributed by atoms with Crippen molar-refractivity contribution < 1.29 is 49.3 Å². The van der Waals surface area contributed by atoms with Gasteiger partial charge in [0.15, 0.2) is 12.4 Å². The van der Waals surface area contributed by atoms with Gasteiger partial charge < -0.3 is 45.1 Å². The van der Waals surface area contributed by atoms with E-state index in [1.54, 1.807) is 6.08 Å². The fourth-order valence-electron chi connectivity index (χ4n) is 9.77. The smallest absolute Gasteiger partial charge is 0.306 e. The minimum atomic E-state index is -1.63. The van der Waals surface area contributed by atoms with E-state index in [0.717, 1.165) is 109 Å². The number of rotatable bonds is 55. The SMILES string of the molecule is CC/C=C/C/C=C/C/C=C/CCCCCCC(=O)OC1C(OCC(NC(=O)C(O)CCCCCCCCCCCC/C=C\C/C=C\C/C=C\C/C=C\CCCCC)C(O)/C=C/CCCCCCCCCCCC)OC(CO)C(O)C1O. The lowest BCUT2D eigenvalue weighted by molar-refractivity contribution is -0.305. The van der Waals surface area contributed by atoms with Gasteiger partial charge in [-0.3, -0.25) is 9.59 Å². The Kier molecular flexibility index (Phi) is 53.2. The first-order valence-electron chi connectivity index (χ1n) is 33.0. The van der Waals surface area contributed by atoms with E-state index < -0.39 is 67.4 Å². The molecule has 8 unspecified atom stereocenters. The molecule has 0 aromatic rings. The van der Waals surface area contributed by atoms with Gasteiger partial charge in [0.25, 0.3) is 0 Å². The molecule has 0 spiro atoms. The van der Waals surface area contributed by atoms with Gasteiger partial charge in [0.2, 0.25) is 5.91 Å². The number of carbonyl (C=O) groups is 2. The summed E-state index contributed by atoms with van der Waals surface area (Å²) in [5.74, 6) is -1.22. The standard InChI is InChI=1S/C70H121NO10/c1-4-7-10-13-16-19-22-25-27-28-29-30-31-32-33-34-35-36-37-38-39-42-45-48-51-54-57-63(74)69(78)71-61(62(73)56-53-50-47-44-41-24-21-18-15-12-9-6-3)60-79-70-68(67(77)66(76)64(59-72)80-70)81-65(75)58-55-52-49-46-43-40-26-23-20-17-14-11-8-5-2/h8,11,16-17,19-20,25-27,29-30,32-33,40,53,56,61-64,66-68,70,72-74,76-77H,4-7,9-10,12-15,18,21-24,28,31,34-39,41-52,54-55,57-60H2,1-3H3,(H,71,78)/b11-8+,19-16-,20-17+,27-25-,30-29-,33-32-,40-26+,56-53+. The lowest BCUT2D eigenvalue weighted by Gasteiger charge is -2.41. The van der Waals surface area contributed by atoms with Gasteiger partial charge in [-0.15, -0.1) is 0 Å². The Hall–Kier alpha value is -3.42. The molecule has 1 aliphatic heterocycles. The average Bonchev–Trinajstić information content (AvgIpc) is 3.53. The first-order chi connectivity index (χ1) is 39.7. The predicted octanol–water partition coefficient (Wildman–Crippen LogP) is 16.3. The number of nitrogens with one attached hydrogen (secondary N) is 1. The summed E-state index contributed by atoms with van der Waals surface area (Å²) in [5.41, 5.74) is 0. The molecule has 1 saturated heterocycles. The fraction of sp³-hybridized carbons (Fsp3) is 0.743. The molecule has 0 radical (unpaired) electrons. The van der Waals surface area contributed by atoms with Crippen molar-refractivity contribution in [3.63, 3.8) is 0 Å². The van der Waals surface area contributed by atoms with Crippen LogP contribution < -0.4 is 5.32 Å². The van der Waals surface area contributed by atoms with Gasteiger partial charge in [-0.1, -0.05) is 259 Å². The molecule has 1 amide bonds. The van der Waals surface area contributed by atoms with Gasteiger partial charge in [0.1, 0.15) is 24.4 Å². The highest BCUT2D eigenvalue weighted by Gasteiger charge is 2.47. The molecule has 8 atom stereocenters. The number of allylic oxidation sites excluding steroid dienone is 15. The molecule has 0 aromatic heterocycles. The van der Waals surface area contributed by atoms with E-state index in [0.29, 0.717) is 12.8 Å². The molecule has 81 heavy (non-hydrogen) atoms. The quantitative estimate of drug-likeness (QED) is 0.0195. The van der Waals surface area contributed by atoms with Crippen LogP contribution in [0.2, 0.25) is 0 Å². The van der Waals surface area contributed by atoms with E-state index in [1.165, 1.54) is 116 Å². The van der Waals surface area contributed by atoms with Crippen LogP contribution >= 0.6 is 0 Å².